The molecule has 0 aromatic carbocycles. The molecule has 0 heterocycles. The second kappa shape index (κ2) is 8.09. The Morgan fingerprint density at radius 1 is 1.03 bits per heavy atom. The summed E-state index contributed by atoms with van der Waals surface area (Å²) in [5.74, 6) is 1.47. The zero-order chi connectivity index (χ0) is 24.4. The standard InChI is InChI=1S/C30H46O3/c1-19(9-8-10-20(2)26(32)33)21-13-17-30(7)23-11-12-24-27(3,4)25(31)15-16-28(24,5)22(23)14-18-29(21,30)6/h10,19,21,24H,8-9,11-18H2,1-7H3,(H,32,33)/b20-10-/t19-,21-,24-,28+,29-,30+/m0/s1. The van der Waals surface area contributed by atoms with Gasteiger partial charge in [0.1, 0.15) is 5.78 Å². The summed E-state index contributed by atoms with van der Waals surface area (Å²) in [4.78, 5) is 23.9. The normalized spacial score (nSPS) is 41.3. The number of carbonyl (C=O) groups is 2. The molecule has 0 aromatic heterocycles. The van der Waals surface area contributed by atoms with E-state index < -0.39 is 5.97 Å². The third-order valence-electron chi connectivity index (χ3n) is 11.7. The maximum absolute atomic E-state index is 12.8. The van der Waals surface area contributed by atoms with Crippen LogP contribution >= 0.6 is 0 Å². The van der Waals surface area contributed by atoms with E-state index in [4.69, 9.17) is 5.11 Å². The first-order valence-electron chi connectivity index (χ1n) is 13.5. The highest BCUT2D eigenvalue weighted by Gasteiger charge is 2.63. The summed E-state index contributed by atoms with van der Waals surface area (Å²) in [6.07, 6.45) is 13.0. The molecule has 184 valence electrons. The topological polar surface area (TPSA) is 54.4 Å². The van der Waals surface area contributed by atoms with Crippen LogP contribution in [0.1, 0.15) is 113 Å². The summed E-state index contributed by atoms with van der Waals surface area (Å²) in [6, 6.07) is 0. The van der Waals surface area contributed by atoms with Crippen LogP contribution in [0.15, 0.2) is 22.8 Å². The first kappa shape index (κ1) is 24.7. The van der Waals surface area contributed by atoms with Gasteiger partial charge in [-0.2, -0.15) is 0 Å². The van der Waals surface area contributed by atoms with Crippen LogP contribution in [-0.2, 0) is 9.59 Å². The number of hydrogen-bond acceptors (Lipinski definition) is 2. The SMILES string of the molecule is C/C(=C/CC[C@H](C)[C@@H]1CC[C@]2(C)C3=C(CC[C@@]12C)[C@@]1(C)CCC(=O)C(C)(C)[C@@H]1CC3)C(=O)O. The molecule has 0 saturated heterocycles. The van der Waals surface area contributed by atoms with Crippen molar-refractivity contribution in [2.75, 3.05) is 0 Å². The molecule has 0 aromatic rings. The third-order valence-corrected chi connectivity index (χ3v) is 11.7. The van der Waals surface area contributed by atoms with Crippen LogP contribution < -0.4 is 0 Å². The zero-order valence-electron chi connectivity index (χ0n) is 22.1. The molecule has 2 saturated carbocycles. The molecule has 0 aliphatic heterocycles. The Bertz CT molecular complexity index is 908. The highest BCUT2D eigenvalue weighted by Crippen LogP contribution is 2.72. The number of aliphatic carboxylic acids is 1. The average molecular weight is 455 g/mol. The molecule has 0 radical (unpaired) electrons. The van der Waals surface area contributed by atoms with Gasteiger partial charge in [0, 0.05) is 17.4 Å². The lowest BCUT2D eigenvalue weighted by Gasteiger charge is -2.61. The number of fused-ring (bicyclic) bond motifs is 4. The quantitative estimate of drug-likeness (QED) is 0.341. The van der Waals surface area contributed by atoms with Crippen molar-refractivity contribution < 1.29 is 14.7 Å². The maximum atomic E-state index is 12.8. The summed E-state index contributed by atoms with van der Waals surface area (Å²) in [6.45, 7) is 16.2. The highest BCUT2D eigenvalue weighted by molar-refractivity contribution is 5.86. The average Bonchev–Trinajstić information content (AvgIpc) is 3.02. The molecule has 0 spiro atoms. The lowest BCUT2D eigenvalue weighted by Crippen LogP contribution is -2.53. The van der Waals surface area contributed by atoms with Crippen molar-refractivity contribution in [1.29, 1.82) is 0 Å². The summed E-state index contributed by atoms with van der Waals surface area (Å²) in [7, 11) is 0. The zero-order valence-corrected chi connectivity index (χ0v) is 22.1. The van der Waals surface area contributed by atoms with E-state index in [0.717, 1.165) is 25.7 Å². The maximum Gasteiger partial charge on any atom is 0.330 e. The number of hydrogen-bond donors (Lipinski definition) is 1. The van der Waals surface area contributed by atoms with Crippen LogP contribution in [-0.4, -0.2) is 16.9 Å². The van der Waals surface area contributed by atoms with Crippen molar-refractivity contribution in [2.24, 2.45) is 39.4 Å². The number of carboxylic acids is 1. The van der Waals surface area contributed by atoms with Gasteiger partial charge >= 0.3 is 5.97 Å². The summed E-state index contributed by atoms with van der Waals surface area (Å²) >= 11 is 0. The molecule has 4 rings (SSSR count). The predicted octanol–water partition coefficient (Wildman–Crippen LogP) is 7.75. The van der Waals surface area contributed by atoms with E-state index in [0.29, 0.717) is 34.5 Å². The number of rotatable bonds is 5. The fourth-order valence-corrected chi connectivity index (χ4v) is 9.29. The molecule has 3 nitrogen and oxygen atoms in total. The van der Waals surface area contributed by atoms with Crippen molar-refractivity contribution in [3.63, 3.8) is 0 Å². The molecule has 6 atom stereocenters. The largest absolute Gasteiger partial charge is 0.478 e. The summed E-state index contributed by atoms with van der Waals surface area (Å²) in [5, 5.41) is 9.16. The fraction of sp³-hybridized carbons (Fsp3) is 0.800. The molecule has 0 bridgehead atoms. The molecule has 33 heavy (non-hydrogen) atoms. The van der Waals surface area contributed by atoms with Crippen LogP contribution in [0.25, 0.3) is 0 Å². The predicted molar refractivity (Wildman–Crippen MR) is 134 cm³/mol. The van der Waals surface area contributed by atoms with E-state index in [2.05, 4.69) is 41.5 Å². The van der Waals surface area contributed by atoms with Crippen LogP contribution in [0, 0.1) is 39.4 Å². The number of carbonyl (C=O) groups excluding carboxylic acids is 1. The van der Waals surface area contributed by atoms with Crippen LogP contribution in [0.3, 0.4) is 0 Å². The lowest BCUT2D eigenvalue weighted by atomic mass is 9.43. The van der Waals surface area contributed by atoms with Gasteiger partial charge in [-0.25, -0.2) is 4.79 Å². The van der Waals surface area contributed by atoms with E-state index in [9.17, 15) is 9.59 Å². The Morgan fingerprint density at radius 3 is 2.39 bits per heavy atom. The second-order valence-corrected chi connectivity index (χ2v) is 13.3. The van der Waals surface area contributed by atoms with Gasteiger partial charge in [0.15, 0.2) is 0 Å². The Hall–Kier alpha value is -1.38. The minimum Gasteiger partial charge on any atom is -0.478 e. The van der Waals surface area contributed by atoms with Gasteiger partial charge in [-0.3, -0.25) is 4.79 Å². The van der Waals surface area contributed by atoms with Crippen molar-refractivity contribution in [2.45, 2.75) is 113 Å². The molecule has 2 fully saturated rings. The van der Waals surface area contributed by atoms with Gasteiger partial charge in [0.2, 0.25) is 0 Å². The Labute approximate surface area is 201 Å². The fourth-order valence-electron chi connectivity index (χ4n) is 9.29. The first-order valence-corrected chi connectivity index (χ1v) is 13.5. The van der Waals surface area contributed by atoms with E-state index in [1.54, 1.807) is 18.1 Å². The lowest BCUT2D eigenvalue weighted by molar-refractivity contribution is -0.139. The van der Waals surface area contributed by atoms with Crippen molar-refractivity contribution in [3.05, 3.63) is 22.8 Å². The van der Waals surface area contributed by atoms with Gasteiger partial charge in [0.25, 0.3) is 0 Å². The first-order chi connectivity index (χ1) is 15.3. The Kier molecular flexibility index (Phi) is 6.07. The Balaban J connectivity index is 1.61. The molecule has 1 N–H and O–H groups in total. The molecule has 0 amide bonds. The molecular formula is C30H46O3. The van der Waals surface area contributed by atoms with Crippen molar-refractivity contribution in [1.82, 2.24) is 0 Å². The second-order valence-electron chi connectivity index (χ2n) is 13.3. The van der Waals surface area contributed by atoms with Crippen LogP contribution in [0.5, 0.6) is 0 Å². The van der Waals surface area contributed by atoms with Gasteiger partial charge < -0.3 is 5.11 Å². The van der Waals surface area contributed by atoms with Gasteiger partial charge in [-0.05, 0) is 98.7 Å². The number of carboxylic acid groups (broad SMARTS) is 1. The van der Waals surface area contributed by atoms with E-state index in [1.165, 1.54) is 38.5 Å². The van der Waals surface area contributed by atoms with E-state index in [1.807, 2.05) is 6.08 Å². The van der Waals surface area contributed by atoms with E-state index in [-0.39, 0.29) is 16.2 Å². The van der Waals surface area contributed by atoms with Gasteiger partial charge in [0.05, 0.1) is 0 Å². The smallest absolute Gasteiger partial charge is 0.330 e. The minimum absolute atomic E-state index is 0.193. The number of allylic oxidation sites excluding steroid dienone is 3. The van der Waals surface area contributed by atoms with Gasteiger partial charge in [-0.15, -0.1) is 0 Å². The van der Waals surface area contributed by atoms with Crippen molar-refractivity contribution >= 4 is 11.8 Å². The van der Waals surface area contributed by atoms with Crippen molar-refractivity contribution in [3.8, 4) is 0 Å². The molecule has 0 unspecified atom stereocenters. The molecule has 4 aliphatic rings. The summed E-state index contributed by atoms with van der Waals surface area (Å²) < 4.78 is 0. The number of ketones is 1. The van der Waals surface area contributed by atoms with Crippen LogP contribution in [0.4, 0.5) is 0 Å². The Morgan fingerprint density at radius 2 is 1.73 bits per heavy atom. The molecule has 3 heteroatoms. The monoisotopic (exact) mass is 454 g/mol. The van der Waals surface area contributed by atoms with Crippen LogP contribution in [0.2, 0.25) is 0 Å². The highest BCUT2D eigenvalue weighted by atomic mass is 16.4. The summed E-state index contributed by atoms with van der Waals surface area (Å²) in [5.41, 5.74) is 4.58. The van der Waals surface area contributed by atoms with Gasteiger partial charge in [-0.1, -0.05) is 58.8 Å². The van der Waals surface area contributed by atoms with E-state index >= 15 is 0 Å². The third kappa shape index (κ3) is 3.50. The molecular weight excluding hydrogens is 408 g/mol. The molecule has 4 aliphatic carbocycles. The minimum atomic E-state index is -0.800. The number of Topliss-reactive ketones (excluding diaryl/α,β-unsaturated/α-hetero) is 1.